The SMILES string of the molecule is CC1(C)OB(C(=Cc2ccc(F)nc2F)CN)OC1(C)C. The van der Waals surface area contributed by atoms with Crippen LogP contribution in [0.1, 0.15) is 33.3 Å². The van der Waals surface area contributed by atoms with E-state index in [0.717, 1.165) is 6.07 Å². The van der Waals surface area contributed by atoms with Crippen molar-refractivity contribution in [2.45, 2.75) is 38.9 Å². The summed E-state index contributed by atoms with van der Waals surface area (Å²) in [6.45, 7) is 7.80. The predicted molar refractivity (Wildman–Crippen MR) is 77.3 cm³/mol. The molecule has 0 spiro atoms. The van der Waals surface area contributed by atoms with Crippen molar-refractivity contribution in [1.29, 1.82) is 0 Å². The molecule has 0 radical (unpaired) electrons. The molecular weight excluding hydrogens is 277 g/mol. The fourth-order valence-corrected chi connectivity index (χ4v) is 1.95. The molecule has 1 saturated heterocycles. The molecule has 114 valence electrons. The van der Waals surface area contributed by atoms with Gasteiger partial charge in [-0.3, -0.25) is 0 Å². The summed E-state index contributed by atoms with van der Waals surface area (Å²) in [6, 6.07) is 2.39. The smallest absolute Gasteiger partial charge is 0.400 e. The molecular formula is C14H19BF2N2O2. The second-order valence-electron chi connectivity index (χ2n) is 6.03. The summed E-state index contributed by atoms with van der Waals surface area (Å²) >= 11 is 0. The number of hydrogen-bond donors (Lipinski definition) is 1. The Kier molecular flexibility index (Phi) is 4.19. The molecule has 1 aliphatic rings. The zero-order valence-corrected chi connectivity index (χ0v) is 12.6. The van der Waals surface area contributed by atoms with Gasteiger partial charge in [0.1, 0.15) is 0 Å². The Hall–Kier alpha value is -1.31. The van der Waals surface area contributed by atoms with E-state index in [1.807, 2.05) is 27.7 Å². The quantitative estimate of drug-likeness (QED) is 0.687. The second kappa shape index (κ2) is 5.48. The van der Waals surface area contributed by atoms with Crippen LogP contribution in [-0.2, 0) is 9.31 Å². The molecule has 0 saturated carbocycles. The lowest BCUT2D eigenvalue weighted by atomic mass is 9.77. The first kappa shape index (κ1) is 16.1. The fourth-order valence-electron chi connectivity index (χ4n) is 1.95. The first-order chi connectivity index (χ1) is 9.66. The normalized spacial score (nSPS) is 20.9. The van der Waals surface area contributed by atoms with Gasteiger partial charge in [-0.2, -0.15) is 13.8 Å². The van der Waals surface area contributed by atoms with E-state index < -0.39 is 30.2 Å². The zero-order chi connectivity index (χ0) is 15.8. The molecule has 1 aromatic rings. The molecule has 4 nitrogen and oxygen atoms in total. The van der Waals surface area contributed by atoms with Crippen LogP contribution >= 0.6 is 0 Å². The molecule has 0 aromatic carbocycles. The molecule has 0 aliphatic carbocycles. The number of pyridine rings is 1. The van der Waals surface area contributed by atoms with Crippen LogP contribution in [0.2, 0.25) is 0 Å². The number of nitrogens with zero attached hydrogens (tertiary/aromatic N) is 1. The summed E-state index contributed by atoms with van der Waals surface area (Å²) in [4.78, 5) is 3.14. The fraction of sp³-hybridized carbons (Fsp3) is 0.500. The van der Waals surface area contributed by atoms with E-state index in [2.05, 4.69) is 4.98 Å². The Bertz CT molecular complexity index is 560. The topological polar surface area (TPSA) is 57.4 Å². The maximum Gasteiger partial charge on any atom is 0.491 e. The van der Waals surface area contributed by atoms with Crippen LogP contribution in [0.15, 0.2) is 17.6 Å². The largest absolute Gasteiger partial charge is 0.491 e. The lowest BCUT2D eigenvalue weighted by Crippen LogP contribution is -2.41. The minimum Gasteiger partial charge on any atom is -0.400 e. The Morgan fingerprint density at radius 2 is 1.81 bits per heavy atom. The van der Waals surface area contributed by atoms with Gasteiger partial charge in [-0.15, -0.1) is 0 Å². The number of halogens is 2. The monoisotopic (exact) mass is 296 g/mol. The minimum absolute atomic E-state index is 0.133. The van der Waals surface area contributed by atoms with Crippen molar-refractivity contribution in [3.05, 3.63) is 35.1 Å². The second-order valence-corrected chi connectivity index (χ2v) is 6.03. The average Bonchev–Trinajstić information content (AvgIpc) is 2.57. The van der Waals surface area contributed by atoms with Crippen molar-refractivity contribution in [3.63, 3.8) is 0 Å². The van der Waals surface area contributed by atoms with Gasteiger partial charge in [-0.1, -0.05) is 6.08 Å². The van der Waals surface area contributed by atoms with Crippen LogP contribution in [-0.4, -0.2) is 29.8 Å². The van der Waals surface area contributed by atoms with Gasteiger partial charge in [0.25, 0.3) is 0 Å². The van der Waals surface area contributed by atoms with Gasteiger partial charge in [-0.05, 0) is 45.3 Å². The highest BCUT2D eigenvalue weighted by Crippen LogP contribution is 2.38. The highest BCUT2D eigenvalue weighted by atomic mass is 19.1. The van der Waals surface area contributed by atoms with Crippen LogP contribution in [0.4, 0.5) is 8.78 Å². The molecule has 0 amide bonds. The number of aromatic nitrogens is 1. The standard InChI is InChI=1S/C14H19BF2N2O2/c1-13(2)14(3,4)21-15(20-13)10(8-18)7-9-5-6-11(16)19-12(9)17/h5-7H,8,18H2,1-4H3. The van der Waals surface area contributed by atoms with Crippen molar-refractivity contribution >= 4 is 13.2 Å². The van der Waals surface area contributed by atoms with E-state index in [9.17, 15) is 8.78 Å². The summed E-state index contributed by atoms with van der Waals surface area (Å²) in [5.74, 6) is -1.76. The Morgan fingerprint density at radius 1 is 1.24 bits per heavy atom. The molecule has 1 fully saturated rings. The van der Waals surface area contributed by atoms with Gasteiger partial charge in [0, 0.05) is 12.1 Å². The van der Waals surface area contributed by atoms with Crippen LogP contribution < -0.4 is 5.73 Å². The highest BCUT2D eigenvalue weighted by molar-refractivity contribution is 6.55. The van der Waals surface area contributed by atoms with Gasteiger partial charge in [-0.25, -0.2) is 0 Å². The molecule has 0 unspecified atom stereocenters. The summed E-state index contributed by atoms with van der Waals surface area (Å²) in [7, 11) is -0.663. The number of rotatable bonds is 3. The lowest BCUT2D eigenvalue weighted by molar-refractivity contribution is 0.00578. The number of hydrogen-bond acceptors (Lipinski definition) is 4. The summed E-state index contributed by atoms with van der Waals surface area (Å²) < 4.78 is 38.2. The van der Waals surface area contributed by atoms with Gasteiger partial charge in [0.15, 0.2) is 0 Å². The van der Waals surface area contributed by atoms with Crippen LogP contribution in [0, 0.1) is 11.9 Å². The Morgan fingerprint density at radius 3 is 2.29 bits per heavy atom. The third kappa shape index (κ3) is 3.15. The van der Waals surface area contributed by atoms with Crippen molar-refractivity contribution in [1.82, 2.24) is 4.98 Å². The number of nitrogens with two attached hydrogens (primary N) is 1. The zero-order valence-electron chi connectivity index (χ0n) is 12.6. The molecule has 7 heteroatoms. The first-order valence-electron chi connectivity index (χ1n) is 6.74. The predicted octanol–water partition coefficient (Wildman–Crippen LogP) is 2.33. The van der Waals surface area contributed by atoms with Gasteiger partial charge < -0.3 is 15.0 Å². The van der Waals surface area contributed by atoms with Crippen LogP contribution in [0.25, 0.3) is 6.08 Å². The Labute approximate surface area is 123 Å². The third-order valence-electron chi connectivity index (χ3n) is 3.98. The molecule has 2 heterocycles. The third-order valence-corrected chi connectivity index (χ3v) is 3.98. The first-order valence-corrected chi connectivity index (χ1v) is 6.74. The molecule has 21 heavy (non-hydrogen) atoms. The molecule has 0 bridgehead atoms. The van der Waals surface area contributed by atoms with Crippen molar-refractivity contribution in [2.24, 2.45) is 5.73 Å². The lowest BCUT2D eigenvalue weighted by Gasteiger charge is -2.32. The maximum atomic E-state index is 13.6. The average molecular weight is 296 g/mol. The van der Waals surface area contributed by atoms with Gasteiger partial charge >= 0.3 is 7.12 Å². The van der Waals surface area contributed by atoms with E-state index in [4.69, 9.17) is 15.0 Å². The molecule has 1 aliphatic heterocycles. The maximum absolute atomic E-state index is 13.6. The summed E-state index contributed by atoms with van der Waals surface area (Å²) in [5.41, 5.74) is 5.41. The van der Waals surface area contributed by atoms with Crippen LogP contribution in [0.5, 0.6) is 0 Å². The van der Waals surface area contributed by atoms with E-state index >= 15 is 0 Å². The van der Waals surface area contributed by atoms with Crippen molar-refractivity contribution in [2.75, 3.05) is 6.54 Å². The van der Waals surface area contributed by atoms with E-state index in [-0.39, 0.29) is 12.1 Å². The van der Waals surface area contributed by atoms with Crippen molar-refractivity contribution < 1.29 is 18.1 Å². The van der Waals surface area contributed by atoms with E-state index in [1.54, 1.807) is 0 Å². The van der Waals surface area contributed by atoms with Crippen molar-refractivity contribution in [3.8, 4) is 0 Å². The molecule has 1 aromatic heterocycles. The minimum atomic E-state index is -0.891. The Balaban J connectivity index is 2.31. The molecule has 2 N–H and O–H groups in total. The summed E-state index contributed by atoms with van der Waals surface area (Å²) in [5, 5.41) is 0. The van der Waals surface area contributed by atoms with Gasteiger partial charge in [0.05, 0.1) is 11.2 Å². The van der Waals surface area contributed by atoms with E-state index in [1.165, 1.54) is 12.1 Å². The molecule has 0 atom stereocenters. The molecule has 2 rings (SSSR count). The van der Waals surface area contributed by atoms with Crippen LogP contribution in [0.3, 0.4) is 0 Å². The van der Waals surface area contributed by atoms with Gasteiger partial charge in [0.2, 0.25) is 11.9 Å². The summed E-state index contributed by atoms with van der Waals surface area (Å²) in [6.07, 6.45) is 1.49. The highest BCUT2D eigenvalue weighted by Gasteiger charge is 2.52. The van der Waals surface area contributed by atoms with E-state index in [0.29, 0.717) is 5.47 Å².